The Morgan fingerprint density at radius 3 is 3.11 bits per heavy atom. The van der Waals surface area contributed by atoms with Crippen LogP contribution in [0.2, 0.25) is 0 Å². The van der Waals surface area contributed by atoms with Crippen LogP contribution in [0.1, 0.15) is 17.2 Å². The molecule has 19 heavy (non-hydrogen) atoms. The Bertz CT molecular complexity index is 527. The Balaban J connectivity index is 0.00000133. The van der Waals surface area contributed by atoms with Crippen LogP contribution in [0, 0.1) is 0 Å². The van der Waals surface area contributed by atoms with Gasteiger partial charge in [0.1, 0.15) is 0 Å². The summed E-state index contributed by atoms with van der Waals surface area (Å²) >= 11 is 0. The molecule has 0 amide bonds. The van der Waals surface area contributed by atoms with Crippen molar-refractivity contribution in [2.75, 3.05) is 20.2 Å². The normalized spacial score (nSPS) is 17.6. The molecule has 5 heteroatoms. The Labute approximate surface area is 119 Å². The minimum Gasteiger partial charge on any atom is -0.372 e. The molecule has 2 aromatic rings. The summed E-state index contributed by atoms with van der Waals surface area (Å²) in [6.07, 6.45) is 4.94. The number of aromatic nitrogens is 2. The van der Waals surface area contributed by atoms with Crippen molar-refractivity contribution in [3.63, 3.8) is 0 Å². The van der Waals surface area contributed by atoms with Gasteiger partial charge >= 0.3 is 0 Å². The first kappa shape index (κ1) is 14.1. The van der Waals surface area contributed by atoms with E-state index in [9.17, 15) is 0 Å². The van der Waals surface area contributed by atoms with Gasteiger partial charge in [0.05, 0.1) is 18.9 Å². The van der Waals surface area contributed by atoms with E-state index in [1.54, 1.807) is 0 Å². The van der Waals surface area contributed by atoms with E-state index in [1.807, 2.05) is 19.4 Å². The molecular weight excluding hydrogens is 262 g/mol. The number of fused-ring (bicyclic) bond motifs is 1. The van der Waals surface area contributed by atoms with Crippen LogP contribution in [-0.4, -0.2) is 30.4 Å². The smallest absolute Gasteiger partial charge is 0.0952 e. The van der Waals surface area contributed by atoms with E-state index in [2.05, 4.69) is 33.7 Å². The quantitative estimate of drug-likeness (QED) is 0.907. The van der Waals surface area contributed by atoms with Gasteiger partial charge in [0.2, 0.25) is 0 Å². The molecule has 0 bridgehead atoms. The monoisotopic (exact) mass is 279 g/mol. The number of hydrogen-bond acceptors (Lipinski definition) is 3. The molecule has 1 atom stereocenters. The van der Waals surface area contributed by atoms with Crippen LogP contribution in [-0.2, 0) is 11.2 Å². The predicted molar refractivity (Wildman–Crippen MR) is 77.6 cm³/mol. The molecular formula is C14H18ClN3O. The number of likely N-dealkylation sites (N-methyl/N-ethyl adjacent to an activating group) is 1. The van der Waals surface area contributed by atoms with Crippen LogP contribution in [0.4, 0.5) is 0 Å². The fourth-order valence-corrected chi connectivity index (χ4v) is 2.60. The summed E-state index contributed by atoms with van der Waals surface area (Å²) in [6.45, 7) is 1.63. The average molecular weight is 280 g/mol. The highest BCUT2D eigenvalue weighted by atomic mass is 35.5. The molecule has 0 unspecified atom stereocenters. The van der Waals surface area contributed by atoms with Gasteiger partial charge in [0.25, 0.3) is 0 Å². The summed E-state index contributed by atoms with van der Waals surface area (Å²) < 4.78 is 5.83. The lowest BCUT2D eigenvalue weighted by Gasteiger charge is -2.27. The highest BCUT2D eigenvalue weighted by Gasteiger charge is 2.22. The van der Waals surface area contributed by atoms with Crippen molar-refractivity contribution >= 4 is 12.4 Å². The van der Waals surface area contributed by atoms with Crippen molar-refractivity contribution in [1.82, 2.24) is 15.5 Å². The zero-order chi connectivity index (χ0) is 12.4. The first-order valence-corrected chi connectivity index (χ1v) is 6.27. The second-order valence-electron chi connectivity index (χ2n) is 4.53. The predicted octanol–water partition coefficient (Wildman–Crippen LogP) is 2.33. The summed E-state index contributed by atoms with van der Waals surface area (Å²) in [5, 5.41) is 10.1. The van der Waals surface area contributed by atoms with Crippen LogP contribution in [0.5, 0.6) is 0 Å². The SMILES string of the molecule is CNC[C@H]1OCCc2c(-c3cn[nH]c3)cccc21.Cl. The van der Waals surface area contributed by atoms with Gasteiger partial charge in [-0.3, -0.25) is 5.10 Å². The molecule has 0 saturated carbocycles. The Kier molecular flexibility index (Phi) is 4.58. The molecule has 3 rings (SSSR count). The lowest BCUT2D eigenvalue weighted by atomic mass is 9.90. The number of rotatable bonds is 3. The number of H-pyrrole nitrogens is 1. The van der Waals surface area contributed by atoms with Crippen LogP contribution < -0.4 is 5.32 Å². The summed E-state index contributed by atoms with van der Waals surface area (Å²) in [5.74, 6) is 0. The number of benzene rings is 1. The van der Waals surface area contributed by atoms with Crippen LogP contribution in [0.25, 0.3) is 11.1 Å². The first-order chi connectivity index (χ1) is 8.90. The Hall–Kier alpha value is -1.36. The minimum absolute atomic E-state index is 0. The van der Waals surface area contributed by atoms with Crippen molar-refractivity contribution in [2.24, 2.45) is 0 Å². The largest absolute Gasteiger partial charge is 0.372 e. The molecule has 0 radical (unpaired) electrons. The molecule has 1 aliphatic heterocycles. The second kappa shape index (κ2) is 6.19. The standard InChI is InChI=1S/C14H17N3O.ClH/c1-15-9-14-13-4-2-3-11(10-7-16-17-8-10)12(13)5-6-18-14;/h2-4,7-8,14-15H,5-6,9H2,1H3,(H,16,17);1H/t14-;/m1./s1. The fraction of sp³-hybridized carbons (Fsp3) is 0.357. The highest BCUT2D eigenvalue weighted by Crippen LogP contribution is 2.33. The summed E-state index contributed by atoms with van der Waals surface area (Å²) in [4.78, 5) is 0. The van der Waals surface area contributed by atoms with E-state index in [1.165, 1.54) is 16.7 Å². The molecule has 1 aromatic heterocycles. The maximum absolute atomic E-state index is 5.83. The van der Waals surface area contributed by atoms with Gasteiger partial charge in [-0.25, -0.2) is 0 Å². The maximum Gasteiger partial charge on any atom is 0.0952 e. The minimum atomic E-state index is 0. The van der Waals surface area contributed by atoms with E-state index < -0.39 is 0 Å². The third kappa shape index (κ3) is 2.66. The van der Waals surface area contributed by atoms with Crippen LogP contribution in [0.15, 0.2) is 30.6 Å². The maximum atomic E-state index is 5.83. The van der Waals surface area contributed by atoms with Gasteiger partial charge in [-0.2, -0.15) is 5.10 Å². The Morgan fingerprint density at radius 1 is 1.47 bits per heavy atom. The lowest BCUT2D eigenvalue weighted by molar-refractivity contribution is 0.0440. The van der Waals surface area contributed by atoms with Crippen molar-refractivity contribution in [3.8, 4) is 11.1 Å². The van der Waals surface area contributed by atoms with E-state index in [-0.39, 0.29) is 18.5 Å². The van der Waals surface area contributed by atoms with Gasteiger partial charge in [-0.05, 0) is 30.2 Å². The number of halogens is 1. The molecule has 0 spiro atoms. The molecule has 0 aliphatic carbocycles. The van der Waals surface area contributed by atoms with E-state index in [0.29, 0.717) is 0 Å². The Morgan fingerprint density at radius 2 is 2.37 bits per heavy atom. The van der Waals surface area contributed by atoms with Crippen molar-refractivity contribution in [1.29, 1.82) is 0 Å². The molecule has 4 nitrogen and oxygen atoms in total. The number of nitrogens with zero attached hydrogens (tertiary/aromatic N) is 1. The van der Waals surface area contributed by atoms with Gasteiger partial charge in [0.15, 0.2) is 0 Å². The molecule has 0 saturated heterocycles. The first-order valence-electron chi connectivity index (χ1n) is 6.27. The molecule has 102 valence electrons. The average Bonchev–Trinajstić information content (AvgIpc) is 2.93. The third-order valence-electron chi connectivity index (χ3n) is 3.43. The molecule has 2 N–H and O–H groups in total. The molecule has 2 heterocycles. The zero-order valence-electron chi connectivity index (χ0n) is 10.8. The molecule has 1 aromatic carbocycles. The summed E-state index contributed by atoms with van der Waals surface area (Å²) in [7, 11) is 1.96. The summed E-state index contributed by atoms with van der Waals surface area (Å²) in [5.41, 5.74) is 5.11. The topological polar surface area (TPSA) is 49.9 Å². The van der Waals surface area contributed by atoms with Gasteiger partial charge in [-0.15, -0.1) is 12.4 Å². The van der Waals surface area contributed by atoms with Gasteiger partial charge < -0.3 is 10.1 Å². The van der Waals surface area contributed by atoms with Gasteiger partial charge in [0, 0.05) is 18.3 Å². The van der Waals surface area contributed by atoms with Crippen molar-refractivity contribution in [2.45, 2.75) is 12.5 Å². The van der Waals surface area contributed by atoms with Crippen molar-refractivity contribution in [3.05, 3.63) is 41.7 Å². The number of ether oxygens (including phenoxy) is 1. The van der Waals surface area contributed by atoms with Crippen LogP contribution in [0.3, 0.4) is 0 Å². The molecule has 1 aliphatic rings. The number of aromatic amines is 1. The molecule has 0 fully saturated rings. The van der Waals surface area contributed by atoms with Crippen molar-refractivity contribution < 1.29 is 4.74 Å². The third-order valence-corrected chi connectivity index (χ3v) is 3.43. The van der Waals surface area contributed by atoms with Gasteiger partial charge in [-0.1, -0.05) is 18.2 Å². The van der Waals surface area contributed by atoms with E-state index >= 15 is 0 Å². The van der Waals surface area contributed by atoms with Crippen LogP contribution >= 0.6 is 12.4 Å². The fourth-order valence-electron chi connectivity index (χ4n) is 2.60. The van der Waals surface area contributed by atoms with E-state index in [0.717, 1.165) is 25.1 Å². The summed E-state index contributed by atoms with van der Waals surface area (Å²) in [6, 6.07) is 6.42. The zero-order valence-corrected chi connectivity index (χ0v) is 11.7. The highest BCUT2D eigenvalue weighted by molar-refractivity contribution is 5.85. The number of nitrogens with one attached hydrogen (secondary N) is 2. The van der Waals surface area contributed by atoms with E-state index in [4.69, 9.17) is 4.74 Å². The lowest BCUT2D eigenvalue weighted by Crippen LogP contribution is -2.25. The number of hydrogen-bond donors (Lipinski definition) is 2. The second-order valence-corrected chi connectivity index (χ2v) is 4.53.